The van der Waals surface area contributed by atoms with E-state index in [9.17, 15) is 10.1 Å². The predicted octanol–water partition coefficient (Wildman–Crippen LogP) is 3.72. The minimum atomic E-state index is -0.436. The van der Waals surface area contributed by atoms with Crippen molar-refractivity contribution in [3.05, 3.63) is 70.2 Å². The summed E-state index contributed by atoms with van der Waals surface area (Å²) in [6.45, 7) is 0. The monoisotopic (exact) mass is 307 g/mol. The van der Waals surface area contributed by atoms with Gasteiger partial charge in [-0.15, -0.1) is 0 Å². The number of hydrogen-bond donors (Lipinski definition) is 0. The third-order valence-corrected chi connectivity index (χ3v) is 3.34. The van der Waals surface area contributed by atoms with Crippen LogP contribution in [-0.4, -0.2) is 22.0 Å². The summed E-state index contributed by atoms with van der Waals surface area (Å²) in [4.78, 5) is 19.0. The molecule has 1 aromatic heterocycles. The number of rotatable bonds is 4. The van der Waals surface area contributed by atoms with Crippen molar-refractivity contribution in [3.63, 3.8) is 0 Å². The molecule has 0 aliphatic rings. The molecular formula is C17H13N3O3. The van der Waals surface area contributed by atoms with Crippen LogP contribution in [0.5, 0.6) is 5.75 Å². The van der Waals surface area contributed by atoms with Crippen molar-refractivity contribution in [2.75, 3.05) is 7.11 Å². The van der Waals surface area contributed by atoms with Gasteiger partial charge in [0.2, 0.25) is 0 Å². The second-order valence-corrected chi connectivity index (χ2v) is 4.83. The highest BCUT2D eigenvalue weighted by Gasteiger charge is 2.07. The Labute approximate surface area is 132 Å². The minimum Gasteiger partial charge on any atom is -0.497 e. The third kappa shape index (κ3) is 3.32. The molecule has 0 atom stereocenters. The van der Waals surface area contributed by atoms with Crippen molar-refractivity contribution in [2.24, 2.45) is 0 Å². The van der Waals surface area contributed by atoms with Gasteiger partial charge in [-0.3, -0.25) is 10.1 Å². The van der Waals surface area contributed by atoms with Crippen molar-refractivity contribution in [1.82, 2.24) is 9.97 Å². The SMILES string of the molecule is COc1ccc(C=Cc2ncc3ccc([N+](=O)[O-])cc3n2)cc1. The first-order valence-electron chi connectivity index (χ1n) is 6.89. The normalized spacial score (nSPS) is 11.0. The van der Waals surface area contributed by atoms with E-state index in [0.717, 1.165) is 16.7 Å². The highest BCUT2D eigenvalue weighted by atomic mass is 16.6. The summed E-state index contributed by atoms with van der Waals surface area (Å²) in [6, 6.07) is 12.1. The summed E-state index contributed by atoms with van der Waals surface area (Å²) in [5.41, 5.74) is 1.54. The largest absolute Gasteiger partial charge is 0.497 e. The number of nitro benzene ring substituents is 1. The Kier molecular flexibility index (Phi) is 3.97. The first-order chi connectivity index (χ1) is 11.2. The molecular weight excluding hydrogens is 294 g/mol. The Balaban J connectivity index is 1.89. The van der Waals surface area contributed by atoms with E-state index in [1.54, 1.807) is 25.4 Å². The molecule has 0 saturated carbocycles. The Morgan fingerprint density at radius 1 is 1.13 bits per heavy atom. The van der Waals surface area contributed by atoms with E-state index < -0.39 is 4.92 Å². The zero-order valence-electron chi connectivity index (χ0n) is 12.3. The molecule has 0 radical (unpaired) electrons. The van der Waals surface area contributed by atoms with E-state index in [0.29, 0.717) is 11.3 Å². The summed E-state index contributed by atoms with van der Waals surface area (Å²) in [6.07, 6.45) is 5.29. The van der Waals surface area contributed by atoms with Gasteiger partial charge in [0.25, 0.3) is 5.69 Å². The number of non-ortho nitro benzene ring substituents is 1. The molecule has 2 aromatic carbocycles. The van der Waals surface area contributed by atoms with Gasteiger partial charge in [0.05, 0.1) is 17.5 Å². The Hall–Kier alpha value is -3.28. The van der Waals surface area contributed by atoms with E-state index in [4.69, 9.17) is 4.74 Å². The average Bonchev–Trinajstić information content (AvgIpc) is 2.59. The van der Waals surface area contributed by atoms with Crippen LogP contribution in [0.2, 0.25) is 0 Å². The van der Waals surface area contributed by atoms with Crippen LogP contribution < -0.4 is 4.74 Å². The van der Waals surface area contributed by atoms with E-state index in [2.05, 4.69) is 9.97 Å². The van der Waals surface area contributed by atoms with Gasteiger partial charge < -0.3 is 4.74 Å². The van der Waals surface area contributed by atoms with Crippen LogP contribution in [0.15, 0.2) is 48.7 Å². The van der Waals surface area contributed by atoms with Crippen LogP contribution in [0.1, 0.15) is 11.4 Å². The number of fused-ring (bicyclic) bond motifs is 1. The maximum absolute atomic E-state index is 10.8. The van der Waals surface area contributed by atoms with E-state index in [1.165, 1.54) is 12.1 Å². The molecule has 6 heteroatoms. The van der Waals surface area contributed by atoms with Gasteiger partial charge >= 0.3 is 0 Å². The first-order valence-corrected chi connectivity index (χ1v) is 6.89. The molecule has 0 bridgehead atoms. The number of hydrogen-bond acceptors (Lipinski definition) is 5. The number of methoxy groups -OCH3 is 1. The molecule has 0 spiro atoms. The van der Waals surface area contributed by atoms with Gasteiger partial charge in [0.1, 0.15) is 5.75 Å². The molecule has 0 N–H and O–H groups in total. The molecule has 114 valence electrons. The number of nitro groups is 1. The standard InChI is InChI=1S/C17H13N3O3/c1-23-15-7-2-12(3-8-15)4-9-17-18-11-13-5-6-14(20(21)22)10-16(13)19-17/h2-11H,1H3. The van der Waals surface area contributed by atoms with Crippen LogP contribution in [-0.2, 0) is 0 Å². The molecule has 0 fully saturated rings. The topological polar surface area (TPSA) is 78.2 Å². The lowest BCUT2D eigenvalue weighted by atomic mass is 10.2. The summed E-state index contributed by atoms with van der Waals surface area (Å²) >= 11 is 0. The van der Waals surface area contributed by atoms with Gasteiger partial charge in [0, 0.05) is 23.7 Å². The van der Waals surface area contributed by atoms with Crippen LogP contribution in [0.25, 0.3) is 23.1 Å². The van der Waals surface area contributed by atoms with Crippen molar-refractivity contribution in [2.45, 2.75) is 0 Å². The molecule has 0 aliphatic carbocycles. The molecule has 6 nitrogen and oxygen atoms in total. The second kappa shape index (κ2) is 6.23. The molecule has 1 heterocycles. The van der Waals surface area contributed by atoms with Crippen molar-refractivity contribution in [1.29, 1.82) is 0 Å². The number of nitrogens with zero attached hydrogens (tertiary/aromatic N) is 3. The smallest absolute Gasteiger partial charge is 0.271 e. The van der Waals surface area contributed by atoms with Crippen molar-refractivity contribution < 1.29 is 9.66 Å². The summed E-state index contributed by atoms with van der Waals surface area (Å²) < 4.78 is 5.11. The van der Waals surface area contributed by atoms with Crippen LogP contribution in [0, 0.1) is 10.1 Å². The first kappa shape index (κ1) is 14.6. The predicted molar refractivity (Wildman–Crippen MR) is 88.1 cm³/mol. The zero-order valence-corrected chi connectivity index (χ0v) is 12.3. The molecule has 0 unspecified atom stereocenters. The maximum atomic E-state index is 10.8. The number of aromatic nitrogens is 2. The zero-order chi connectivity index (χ0) is 16.2. The lowest BCUT2D eigenvalue weighted by molar-refractivity contribution is -0.384. The van der Waals surface area contributed by atoms with Crippen LogP contribution >= 0.6 is 0 Å². The Morgan fingerprint density at radius 3 is 2.61 bits per heavy atom. The average molecular weight is 307 g/mol. The Bertz CT molecular complexity index is 889. The highest BCUT2D eigenvalue weighted by molar-refractivity contribution is 5.81. The fourth-order valence-electron chi connectivity index (χ4n) is 2.11. The quantitative estimate of drug-likeness (QED) is 0.542. The molecule has 23 heavy (non-hydrogen) atoms. The van der Waals surface area contributed by atoms with E-state index in [-0.39, 0.29) is 5.69 Å². The molecule has 0 aliphatic heterocycles. The van der Waals surface area contributed by atoms with Crippen LogP contribution in [0.4, 0.5) is 5.69 Å². The number of ether oxygens (including phenoxy) is 1. The summed E-state index contributed by atoms with van der Waals surface area (Å²) in [5.74, 6) is 1.28. The van der Waals surface area contributed by atoms with Gasteiger partial charge in [-0.05, 0) is 29.8 Å². The molecule has 0 amide bonds. The lowest BCUT2D eigenvalue weighted by Crippen LogP contribution is -1.91. The van der Waals surface area contributed by atoms with Gasteiger partial charge in [-0.2, -0.15) is 0 Å². The van der Waals surface area contributed by atoms with Crippen molar-refractivity contribution >= 4 is 28.7 Å². The minimum absolute atomic E-state index is 0.0151. The van der Waals surface area contributed by atoms with Gasteiger partial charge in [-0.1, -0.05) is 18.2 Å². The molecule has 3 rings (SSSR count). The fourth-order valence-corrected chi connectivity index (χ4v) is 2.11. The molecule has 3 aromatic rings. The van der Waals surface area contributed by atoms with Crippen molar-refractivity contribution in [3.8, 4) is 5.75 Å². The van der Waals surface area contributed by atoms with Gasteiger partial charge in [0.15, 0.2) is 5.82 Å². The van der Waals surface area contributed by atoms with Gasteiger partial charge in [-0.25, -0.2) is 9.97 Å². The summed E-state index contributed by atoms with van der Waals surface area (Å²) in [5, 5.41) is 11.6. The molecule has 0 saturated heterocycles. The second-order valence-electron chi connectivity index (χ2n) is 4.83. The van der Waals surface area contributed by atoms with E-state index >= 15 is 0 Å². The third-order valence-electron chi connectivity index (χ3n) is 3.34. The van der Waals surface area contributed by atoms with Crippen LogP contribution in [0.3, 0.4) is 0 Å². The summed E-state index contributed by atoms with van der Waals surface area (Å²) in [7, 11) is 1.62. The maximum Gasteiger partial charge on any atom is 0.271 e. The lowest BCUT2D eigenvalue weighted by Gasteiger charge is -2.00. The highest BCUT2D eigenvalue weighted by Crippen LogP contribution is 2.19. The number of benzene rings is 2. The Morgan fingerprint density at radius 2 is 1.91 bits per heavy atom. The van der Waals surface area contributed by atoms with E-state index in [1.807, 2.05) is 30.3 Å². The fraction of sp³-hybridized carbons (Fsp3) is 0.0588.